The number of benzene rings is 2. The van der Waals surface area contributed by atoms with Crippen LogP contribution < -0.4 is 4.74 Å². The summed E-state index contributed by atoms with van der Waals surface area (Å²) in [6.07, 6.45) is 3.84. The van der Waals surface area contributed by atoms with E-state index >= 15 is 4.39 Å². The van der Waals surface area contributed by atoms with E-state index in [-0.39, 0.29) is 22.9 Å². The van der Waals surface area contributed by atoms with Crippen LogP contribution in [0.5, 0.6) is 5.75 Å². The van der Waals surface area contributed by atoms with Crippen molar-refractivity contribution in [3.05, 3.63) is 77.4 Å². The van der Waals surface area contributed by atoms with Gasteiger partial charge in [0.15, 0.2) is 17.8 Å². The smallest absolute Gasteiger partial charge is 0.387 e. The molecule has 0 spiro atoms. The van der Waals surface area contributed by atoms with Crippen molar-refractivity contribution < 1.29 is 27.8 Å². The monoisotopic (exact) mass is 519 g/mol. The lowest BCUT2D eigenvalue weighted by atomic mass is 9.96. The van der Waals surface area contributed by atoms with Gasteiger partial charge in [-0.1, -0.05) is 12.1 Å². The van der Waals surface area contributed by atoms with Crippen molar-refractivity contribution in [1.29, 1.82) is 5.26 Å². The predicted octanol–water partition coefficient (Wildman–Crippen LogP) is 5.39. The molecule has 0 radical (unpaired) electrons. The molecule has 2 atom stereocenters. The molecule has 2 aromatic carbocycles. The van der Waals surface area contributed by atoms with Crippen molar-refractivity contribution in [2.45, 2.75) is 44.6 Å². The number of fused-ring (bicyclic) bond motifs is 9. The van der Waals surface area contributed by atoms with Gasteiger partial charge in [0.1, 0.15) is 22.9 Å². The van der Waals surface area contributed by atoms with Crippen molar-refractivity contribution in [2.24, 2.45) is 0 Å². The number of allylic oxidation sites excluding steroid dienone is 1. The maximum Gasteiger partial charge on any atom is 0.387 e. The first kappa shape index (κ1) is 23.9. The standard InChI is InChI=1S/C27H20F3N5O3/c1-27(2,36)25-32-11-13(12-33-25)15-8-18-17(9-16(15)28)34-24-22-10-19(35(18)24)23-14(20(37-22)6-7-31)4-3-5-21(23)38-26(29)30/h3-6,8-9,11-12,19,22,26,36H,10H2,1-2H3/b20-6+/t19-,22-/m1/s1. The van der Waals surface area contributed by atoms with E-state index in [4.69, 9.17) is 9.47 Å². The van der Waals surface area contributed by atoms with Gasteiger partial charge < -0.3 is 19.1 Å². The van der Waals surface area contributed by atoms with Gasteiger partial charge in [-0.05, 0) is 26.0 Å². The zero-order valence-electron chi connectivity index (χ0n) is 20.2. The maximum absolute atomic E-state index is 15.2. The Balaban J connectivity index is 1.55. The summed E-state index contributed by atoms with van der Waals surface area (Å²) in [5, 5.41) is 19.5. The highest BCUT2D eigenvalue weighted by Crippen LogP contribution is 2.52. The predicted molar refractivity (Wildman–Crippen MR) is 129 cm³/mol. The second kappa shape index (κ2) is 8.56. The summed E-state index contributed by atoms with van der Waals surface area (Å²) < 4.78 is 54.8. The number of aromatic nitrogens is 4. The quantitative estimate of drug-likeness (QED) is 0.360. The number of nitriles is 1. The lowest BCUT2D eigenvalue weighted by Gasteiger charge is -2.22. The van der Waals surface area contributed by atoms with Crippen molar-refractivity contribution in [2.75, 3.05) is 0 Å². The minimum absolute atomic E-state index is 0.0387. The molecule has 38 heavy (non-hydrogen) atoms. The van der Waals surface area contributed by atoms with Gasteiger partial charge in [0.25, 0.3) is 0 Å². The fourth-order valence-electron chi connectivity index (χ4n) is 5.14. The van der Waals surface area contributed by atoms with Crippen LogP contribution in [0.15, 0.2) is 48.8 Å². The van der Waals surface area contributed by atoms with Crippen LogP contribution in [0.25, 0.3) is 27.9 Å². The number of aliphatic hydroxyl groups is 1. The summed E-state index contributed by atoms with van der Waals surface area (Å²) in [5.74, 6) is 0.313. The Morgan fingerprint density at radius 1 is 1.24 bits per heavy atom. The molecule has 2 aliphatic rings. The molecule has 0 saturated carbocycles. The third-order valence-electron chi connectivity index (χ3n) is 6.70. The number of hydrogen-bond donors (Lipinski definition) is 1. The normalized spacial score (nSPS) is 19.2. The molecule has 0 fully saturated rings. The van der Waals surface area contributed by atoms with Crippen LogP contribution >= 0.6 is 0 Å². The highest BCUT2D eigenvalue weighted by Gasteiger charge is 2.43. The second-order valence-corrected chi connectivity index (χ2v) is 9.61. The van der Waals surface area contributed by atoms with Crippen LogP contribution in [0.1, 0.15) is 55.2 Å². The maximum atomic E-state index is 15.2. The summed E-state index contributed by atoms with van der Waals surface area (Å²) in [5.41, 5.74) is 1.16. The van der Waals surface area contributed by atoms with E-state index < -0.39 is 30.2 Å². The van der Waals surface area contributed by atoms with Crippen molar-refractivity contribution in [3.8, 4) is 22.9 Å². The topological polar surface area (TPSA) is 106 Å². The van der Waals surface area contributed by atoms with Crippen LogP contribution in [0, 0.1) is 17.1 Å². The molecule has 0 aliphatic carbocycles. The van der Waals surface area contributed by atoms with Gasteiger partial charge >= 0.3 is 6.61 Å². The fraction of sp³-hybridized carbons (Fsp3) is 0.259. The summed E-state index contributed by atoms with van der Waals surface area (Å²) in [4.78, 5) is 13.0. The molecule has 1 N–H and O–H groups in total. The van der Waals surface area contributed by atoms with Crippen molar-refractivity contribution >= 4 is 16.8 Å². The minimum Gasteiger partial charge on any atom is -0.481 e. The Kier molecular flexibility index (Phi) is 5.39. The lowest BCUT2D eigenvalue weighted by molar-refractivity contribution is -0.0506. The van der Waals surface area contributed by atoms with E-state index in [2.05, 4.69) is 15.0 Å². The van der Waals surface area contributed by atoms with Crippen LogP contribution in [-0.4, -0.2) is 31.2 Å². The highest BCUT2D eigenvalue weighted by atomic mass is 19.3. The molecule has 2 aliphatic heterocycles. The second-order valence-electron chi connectivity index (χ2n) is 9.61. The van der Waals surface area contributed by atoms with Gasteiger partial charge in [-0.25, -0.2) is 19.3 Å². The Morgan fingerprint density at radius 3 is 2.68 bits per heavy atom. The molecule has 2 bridgehead atoms. The zero-order valence-corrected chi connectivity index (χ0v) is 20.2. The van der Waals surface area contributed by atoms with Gasteiger partial charge in [-0.2, -0.15) is 14.0 Å². The molecule has 0 saturated heterocycles. The molecule has 2 aromatic heterocycles. The van der Waals surface area contributed by atoms with Gasteiger partial charge in [0.05, 0.1) is 29.2 Å². The molecule has 0 unspecified atom stereocenters. The molecule has 4 aromatic rings. The van der Waals surface area contributed by atoms with Gasteiger partial charge in [-0.3, -0.25) is 0 Å². The van der Waals surface area contributed by atoms with Crippen molar-refractivity contribution in [3.63, 3.8) is 0 Å². The molecule has 8 nitrogen and oxygen atoms in total. The van der Waals surface area contributed by atoms with E-state index in [1.54, 1.807) is 32.0 Å². The number of rotatable bonds is 4. The fourth-order valence-corrected chi connectivity index (χ4v) is 5.14. The van der Waals surface area contributed by atoms with Gasteiger partial charge in [0, 0.05) is 47.1 Å². The number of halogens is 3. The third kappa shape index (κ3) is 3.76. The first-order chi connectivity index (χ1) is 18.2. The van der Waals surface area contributed by atoms with E-state index in [1.807, 2.05) is 10.6 Å². The van der Waals surface area contributed by atoms with Crippen LogP contribution in [0.4, 0.5) is 13.2 Å². The summed E-state index contributed by atoms with van der Waals surface area (Å²) in [6.45, 7) is 0.0416. The average Bonchev–Trinajstić information content (AvgIpc) is 3.33. The van der Waals surface area contributed by atoms with E-state index in [0.717, 1.165) is 0 Å². The number of hydrogen-bond acceptors (Lipinski definition) is 7. The molecule has 0 amide bonds. The summed E-state index contributed by atoms with van der Waals surface area (Å²) in [7, 11) is 0. The summed E-state index contributed by atoms with van der Waals surface area (Å²) in [6, 6.07) is 9.01. The SMILES string of the molecule is CC(C)(O)c1ncc(-c2cc3c(cc2F)nc2n3[C@@H]3C[C@H]2O/C(=C/C#N)c2cccc(OC(F)F)c23)cn1. The van der Waals surface area contributed by atoms with E-state index in [9.17, 15) is 19.1 Å². The molecular formula is C27H20F3N5O3. The minimum atomic E-state index is -3.06. The average molecular weight is 519 g/mol. The van der Waals surface area contributed by atoms with Crippen LogP contribution in [0.3, 0.4) is 0 Å². The number of imidazole rings is 1. The Morgan fingerprint density at radius 2 is 2.00 bits per heavy atom. The van der Waals surface area contributed by atoms with Crippen LogP contribution in [0.2, 0.25) is 0 Å². The lowest BCUT2D eigenvalue weighted by Crippen LogP contribution is -2.19. The number of ether oxygens (including phenoxy) is 2. The molecule has 192 valence electrons. The van der Waals surface area contributed by atoms with Crippen molar-refractivity contribution in [1.82, 2.24) is 19.5 Å². The van der Waals surface area contributed by atoms with Gasteiger partial charge in [0.2, 0.25) is 0 Å². The van der Waals surface area contributed by atoms with Crippen LogP contribution in [-0.2, 0) is 10.3 Å². The third-order valence-corrected chi connectivity index (χ3v) is 6.70. The largest absolute Gasteiger partial charge is 0.481 e. The Hall–Kier alpha value is -4.43. The molecular weight excluding hydrogens is 499 g/mol. The number of alkyl halides is 2. The highest BCUT2D eigenvalue weighted by molar-refractivity contribution is 5.84. The molecule has 6 rings (SSSR count). The Bertz CT molecular complexity index is 1650. The zero-order chi connectivity index (χ0) is 26.8. The first-order valence-corrected chi connectivity index (χ1v) is 11.8. The Labute approximate surface area is 214 Å². The molecule has 4 heterocycles. The first-order valence-electron chi connectivity index (χ1n) is 11.8. The summed E-state index contributed by atoms with van der Waals surface area (Å²) >= 11 is 0. The molecule has 11 heteroatoms. The van der Waals surface area contributed by atoms with E-state index in [0.29, 0.717) is 40.0 Å². The van der Waals surface area contributed by atoms with E-state index in [1.165, 1.54) is 30.6 Å². The van der Waals surface area contributed by atoms with Gasteiger partial charge in [-0.15, -0.1) is 0 Å². The number of nitrogens with zero attached hydrogens (tertiary/aromatic N) is 5.